The number of nitrogens with zero attached hydrogens (tertiary/aromatic N) is 6. The van der Waals surface area contributed by atoms with E-state index in [1.165, 1.54) is 17.0 Å². The number of rotatable bonds is 7. The number of nitrogens with one attached hydrogen (secondary N) is 1. The number of aromatic hydroxyl groups is 1. The van der Waals surface area contributed by atoms with Crippen LogP contribution in [-0.2, 0) is 7.05 Å². The first-order valence-corrected chi connectivity index (χ1v) is 11.3. The fourth-order valence-corrected chi connectivity index (χ4v) is 4.33. The summed E-state index contributed by atoms with van der Waals surface area (Å²) in [4.78, 5) is 30.7. The second kappa shape index (κ2) is 9.87. The maximum Gasteiger partial charge on any atom is 0.296 e. The van der Waals surface area contributed by atoms with Crippen LogP contribution in [0.3, 0.4) is 0 Å². The van der Waals surface area contributed by atoms with Crippen LogP contribution in [0.2, 0.25) is 0 Å². The van der Waals surface area contributed by atoms with E-state index in [1.54, 1.807) is 43.9 Å². The summed E-state index contributed by atoms with van der Waals surface area (Å²) in [5, 5.41) is 30.8. The molecular formula is C25H25N7O4. The fourth-order valence-electron chi connectivity index (χ4n) is 4.33. The van der Waals surface area contributed by atoms with Crippen molar-refractivity contribution in [2.45, 2.75) is 38.6 Å². The summed E-state index contributed by atoms with van der Waals surface area (Å²) in [5.41, 5.74) is 1.10. The van der Waals surface area contributed by atoms with E-state index in [0.29, 0.717) is 5.56 Å². The minimum Gasteiger partial charge on any atom is -0.501 e. The normalized spacial score (nSPS) is 12.8. The third-order valence-corrected chi connectivity index (χ3v) is 5.95. The molecule has 0 saturated carbocycles. The zero-order valence-corrected chi connectivity index (χ0v) is 20.2. The molecule has 2 N–H and O–H groups in total. The molecule has 4 rings (SSSR count). The number of hydrogen-bond donors (Lipinski definition) is 2. The fraction of sp³-hybridized carbons (Fsp3) is 0.280. The van der Waals surface area contributed by atoms with E-state index in [2.05, 4.69) is 26.6 Å². The predicted molar refractivity (Wildman–Crippen MR) is 130 cm³/mol. The van der Waals surface area contributed by atoms with Crippen molar-refractivity contribution in [3.05, 3.63) is 87.7 Å². The minimum absolute atomic E-state index is 0.250. The quantitative estimate of drug-likeness (QED) is 0.403. The lowest BCUT2D eigenvalue weighted by atomic mass is 9.80. The van der Waals surface area contributed by atoms with Crippen molar-refractivity contribution in [3.63, 3.8) is 0 Å². The molecule has 11 nitrogen and oxygen atoms in total. The Balaban J connectivity index is 1.92. The van der Waals surface area contributed by atoms with Gasteiger partial charge in [-0.15, -0.1) is 0 Å². The molecule has 2 atom stereocenters. The summed E-state index contributed by atoms with van der Waals surface area (Å²) in [5.74, 6) is -2.19. The van der Waals surface area contributed by atoms with Gasteiger partial charge < -0.3 is 14.9 Å². The topological polar surface area (TPSA) is 152 Å². The largest absolute Gasteiger partial charge is 0.501 e. The van der Waals surface area contributed by atoms with Crippen LogP contribution in [0.25, 0.3) is 0 Å². The maximum atomic E-state index is 13.3. The van der Waals surface area contributed by atoms with Crippen LogP contribution >= 0.6 is 0 Å². The molecule has 3 aromatic heterocycles. The number of anilines is 1. The molecule has 0 aliphatic rings. The number of aryl methyl sites for hydroxylation is 1. The van der Waals surface area contributed by atoms with Crippen LogP contribution in [0.1, 0.15) is 71.7 Å². The number of carbonyl (C=O) groups excluding carboxylic acids is 1. The van der Waals surface area contributed by atoms with Gasteiger partial charge in [-0.25, -0.2) is 4.98 Å². The van der Waals surface area contributed by atoms with E-state index in [4.69, 9.17) is 4.52 Å². The number of benzene rings is 1. The molecule has 0 radical (unpaired) electrons. The van der Waals surface area contributed by atoms with Gasteiger partial charge in [-0.05, 0) is 31.0 Å². The summed E-state index contributed by atoms with van der Waals surface area (Å²) >= 11 is 0. The Labute approximate surface area is 206 Å². The van der Waals surface area contributed by atoms with E-state index in [1.807, 2.05) is 25.3 Å². The molecule has 0 fully saturated rings. The Morgan fingerprint density at radius 3 is 2.58 bits per heavy atom. The summed E-state index contributed by atoms with van der Waals surface area (Å²) < 4.78 is 7.75. The third kappa shape index (κ3) is 4.48. The Morgan fingerprint density at radius 1 is 1.22 bits per heavy atom. The molecule has 4 aromatic rings. The van der Waals surface area contributed by atoms with Gasteiger partial charge in [-0.1, -0.05) is 30.3 Å². The second-order valence-electron chi connectivity index (χ2n) is 8.72. The van der Waals surface area contributed by atoms with E-state index < -0.39 is 34.7 Å². The predicted octanol–water partition coefficient (Wildman–Crippen LogP) is 3.31. The lowest BCUT2D eigenvalue weighted by Gasteiger charge is -2.28. The standard InChI is InChI=1S/C25H25N7O4/c1-14(2)32-23(30-21(22(33)25(32)35)24(34)29-18-11-28-36-13-18)15(3)20(17-10-27-31(4)12-17)19-8-6-5-7-16(19)9-26/h5-8,10-15,20,33H,1-4H3,(H,29,34)/t15-,20-/m0/s1. The number of carbonyl (C=O) groups is 1. The number of aromatic nitrogens is 5. The van der Waals surface area contributed by atoms with E-state index >= 15 is 0 Å². The summed E-state index contributed by atoms with van der Waals surface area (Å²) in [7, 11) is 1.79. The Hall–Kier alpha value is -4.72. The third-order valence-electron chi connectivity index (χ3n) is 5.95. The van der Waals surface area contributed by atoms with Crippen LogP contribution < -0.4 is 10.9 Å². The van der Waals surface area contributed by atoms with Crippen LogP contribution in [0, 0.1) is 11.3 Å². The Bertz CT molecular complexity index is 1500. The zero-order valence-electron chi connectivity index (χ0n) is 20.2. The van der Waals surface area contributed by atoms with Crippen LogP contribution in [-0.4, -0.2) is 35.5 Å². The average Bonchev–Trinajstić information content (AvgIpc) is 3.52. The van der Waals surface area contributed by atoms with Crippen molar-refractivity contribution in [1.29, 1.82) is 5.26 Å². The highest BCUT2D eigenvalue weighted by molar-refractivity contribution is 6.04. The molecule has 0 aliphatic heterocycles. The van der Waals surface area contributed by atoms with Gasteiger partial charge in [0.1, 0.15) is 17.8 Å². The van der Waals surface area contributed by atoms with Crippen molar-refractivity contribution in [2.75, 3.05) is 5.32 Å². The van der Waals surface area contributed by atoms with Gasteiger partial charge in [0.15, 0.2) is 5.69 Å². The second-order valence-corrected chi connectivity index (χ2v) is 8.72. The summed E-state index contributed by atoms with van der Waals surface area (Å²) in [6.07, 6.45) is 6.04. The minimum atomic E-state index is -0.785. The maximum absolute atomic E-state index is 13.3. The Kier molecular flexibility index (Phi) is 6.69. The first kappa shape index (κ1) is 24.4. The Morgan fingerprint density at radius 2 is 1.97 bits per heavy atom. The van der Waals surface area contributed by atoms with Crippen molar-refractivity contribution in [2.24, 2.45) is 7.05 Å². The molecule has 0 aliphatic carbocycles. The number of nitriles is 1. The molecular weight excluding hydrogens is 462 g/mol. The first-order chi connectivity index (χ1) is 17.2. The zero-order chi connectivity index (χ0) is 26.0. The number of hydrogen-bond acceptors (Lipinski definition) is 8. The smallest absolute Gasteiger partial charge is 0.296 e. The van der Waals surface area contributed by atoms with Crippen molar-refractivity contribution in [3.8, 4) is 11.8 Å². The molecule has 0 saturated heterocycles. The monoisotopic (exact) mass is 487 g/mol. The first-order valence-electron chi connectivity index (χ1n) is 11.3. The molecule has 11 heteroatoms. The van der Waals surface area contributed by atoms with E-state index in [-0.39, 0.29) is 17.6 Å². The van der Waals surface area contributed by atoms with Crippen LogP contribution in [0.15, 0.2) is 58.4 Å². The van der Waals surface area contributed by atoms with Crippen LogP contribution in [0.4, 0.5) is 5.69 Å². The molecule has 0 unspecified atom stereocenters. The van der Waals surface area contributed by atoms with Gasteiger partial charge in [-0.3, -0.25) is 18.8 Å². The molecule has 36 heavy (non-hydrogen) atoms. The van der Waals surface area contributed by atoms with Gasteiger partial charge in [0.2, 0.25) is 5.75 Å². The highest BCUT2D eigenvalue weighted by Crippen LogP contribution is 2.39. The SMILES string of the molecule is CC(C)n1c([C@@H](C)[C@@H](c2cnn(C)c2)c2ccccc2C#N)nc(C(=O)Nc2cnoc2)c(O)c1=O. The van der Waals surface area contributed by atoms with Crippen molar-refractivity contribution in [1.82, 2.24) is 24.5 Å². The van der Waals surface area contributed by atoms with Crippen LogP contribution in [0.5, 0.6) is 5.75 Å². The van der Waals surface area contributed by atoms with Crippen molar-refractivity contribution >= 4 is 11.6 Å². The van der Waals surface area contributed by atoms with Gasteiger partial charge in [0.25, 0.3) is 11.5 Å². The molecule has 184 valence electrons. The lowest BCUT2D eigenvalue weighted by Crippen LogP contribution is -2.32. The molecule has 0 spiro atoms. The number of amides is 1. The summed E-state index contributed by atoms with van der Waals surface area (Å²) in [6.45, 7) is 5.45. The van der Waals surface area contributed by atoms with Gasteiger partial charge in [0.05, 0.1) is 24.0 Å². The molecule has 1 amide bonds. The summed E-state index contributed by atoms with van der Waals surface area (Å²) in [6, 6.07) is 9.06. The highest BCUT2D eigenvalue weighted by atomic mass is 16.5. The van der Waals surface area contributed by atoms with Gasteiger partial charge >= 0.3 is 0 Å². The molecule has 3 heterocycles. The lowest BCUT2D eigenvalue weighted by molar-refractivity contribution is 0.101. The van der Waals surface area contributed by atoms with Gasteiger partial charge in [-0.2, -0.15) is 10.4 Å². The molecule has 1 aromatic carbocycles. The van der Waals surface area contributed by atoms with Crippen molar-refractivity contribution < 1.29 is 14.4 Å². The average molecular weight is 488 g/mol. The highest BCUT2D eigenvalue weighted by Gasteiger charge is 2.32. The van der Waals surface area contributed by atoms with E-state index in [0.717, 1.165) is 11.1 Å². The molecule has 0 bridgehead atoms. The van der Waals surface area contributed by atoms with Gasteiger partial charge in [0, 0.05) is 31.1 Å². The van der Waals surface area contributed by atoms with E-state index in [9.17, 15) is 20.0 Å².